The standard InChI is InChI=1S/C19H30N4O4S/c1-21(2)19(25)15-22(3)14-18(24)20-16-8-10-17(11-9-16)28(26,27)23-12-6-4-5-7-13-23/h8-11H,4-7,12-15H2,1-3H3,(H,20,24)/p+1. The average Bonchev–Trinajstić information content (AvgIpc) is 2.91. The molecule has 8 nitrogen and oxygen atoms in total. The number of anilines is 1. The summed E-state index contributed by atoms with van der Waals surface area (Å²) >= 11 is 0. The van der Waals surface area contributed by atoms with Gasteiger partial charge in [-0.05, 0) is 37.1 Å². The van der Waals surface area contributed by atoms with Crippen LogP contribution in [-0.2, 0) is 19.6 Å². The number of hydrogen-bond acceptors (Lipinski definition) is 4. The topological polar surface area (TPSA) is 91.2 Å². The van der Waals surface area contributed by atoms with Gasteiger partial charge in [0.15, 0.2) is 13.1 Å². The molecule has 0 aliphatic carbocycles. The van der Waals surface area contributed by atoms with Crippen LogP contribution in [0.3, 0.4) is 0 Å². The molecule has 0 saturated carbocycles. The lowest BCUT2D eigenvalue weighted by Crippen LogP contribution is -3.11. The van der Waals surface area contributed by atoms with Gasteiger partial charge in [-0.1, -0.05) is 12.8 Å². The number of nitrogens with one attached hydrogen (secondary N) is 2. The van der Waals surface area contributed by atoms with Crippen molar-refractivity contribution in [1.29, 1.82) is 0 Å². The van der Waals surface area contributed by atoms with E-state index in [1.165, 1.54) is 17.0 Å². The Morgan fingerprint density at radius 1 is 1.04 bits per heavy atom. The van der Waals surface area contributed by atoms with Crippen LogP contribution in [0.15, 0.2) is 29.2 Å². The van der Waals surface area contributed by atoms with E-state index in [2.05, 4.69) is 5.32 Å². The van der Waals surface area contributed by atoms with Crippen molar-refractivity contribution in [1.82, 2.24) is 9.21 Å². The Labute approximate surface area is 167 Å². The van der Waals surface area contributed by atoms with Crippen molar-refractivity contribution in [2.24, 2.45) is 0 Å². The molecule has 1 saturated heterocycles. The van der Waals surface area contributed by atoms with E-state index in [4.69, 9.17) is 0 Å². The Morgan fingerprint density at radius 3 is 2.14 bits per heavy atom. The van der Waals surface area contributed by atoms with E-state index in [1.807, 2.05) is 0 Å². The Balaban J connectivity index is 1.94. The van der Waals surface area contributed by atoms with Crippen molar-refractivity contribution in [3.63, 3.8) is 0 Å². The minimum Gasteiger partial charge on any atom is -0.344 e. The van der Waals surface area contributed by atoms with Gasteiger partial charge in [0.1, 0.15) is 0 Å². The zero-order valence-electron chi connectivity index (χ0n) is 16.9. The normalized spacial score (nSPS) is 16.8. The minimum atomic E-state index is -3.50. The lowest BCUT2D eigenvalue weighted by Gasteiger charge is -2.20. The Bertz CT molecular complexity index is 770. The van der Waals surface area contributed by atoms with E-state index in [0.717, 1.165) is 30.6 Å². The van der Waals surface area contributed by atoms with Gasteiger partial charge in [0.2, 0.25) is 10.0 Å². The number of likely N-dealkylation sites (N-methyl/N-ethyl adjacent to an activating group) is 2. The fourth-order valence-corrected chi connectivity index (χ4v) is 4.62. The first-order valence-corrected chi connectivity index (χ1v) is 11.1. The zero-order chi connectivity index (χ0) is 20.7. The first-order valence-electron chi connectivity index (χ1n) is 9.61. The van der Waals surface area contributed by atoms with Crippen molar-refractivity contribution in [3.8, 4) is 0 Å². The van der Waals surface area contributed by atoms with Crippen molar-refractivity contribution in [3.05, 3.63) is 24.3 Å². The van der Waals surface area contributed by atoms with Gasteiger partial charge in [0.05, 0.1) is 11.9 Å². The molecular weight excluding hydrogens is 380 g/mol. The van der Waals surface area contributed by atoms with E-state index in [-0.39, 0.29) is 29.8 Å². The molecule has 1 unspecified atom stereocenters. The Hall–Kier alpha value is -1.97. The smallest absolute Gasteiger partial charge is 0.279 e. The van der Waals surface area contributed by atoms with Gasteiger partial charge in [-0.2, -0.15) is 4.31 Å². The van der Waals surface area contributed by atoms with E-state index >= 15 is 0 Å². The van der Waals surface area contributed by atoms with Crippen LogP contribution in [0.2, 0.25) is 0 Å². The minimum absolute atomic E-state index is 0.0478. The van der Waals surface area contributed by atoms with Gasteiger partial charge in [0, 0.05) is 32.9 Å². The molecule has 1 aliphatic rings. The van der Waals surface area contributed by atoms with Crippen LogP contribution in [0.5, 0.6) is 0 Å². The summed E-state index contributed by atoms with van der Waals surface area (Å²) in [5.74, 6) is -0.277. The van der Waals surface area contributed by atoms with Gasteiger partial charge >= 0.3 is 0 Å². The van der Waals surface area contributed by atoms with Gasteiger partial charge in [0.25, 0.3) is 11.8 Å². The SMILES string of the molecule is CN(C)C(=O)C[NH+](C)CC(=O)Nc1ccc(S(=O)(=O)N2CCCCCC2)cc1. The van der Waals surface area contributed by atoms with Crippen LogP contribution < -0.4 is 10.2 Å². The highest BCUT2D eigenvalue weighted by atomic mass is 32.2. The molecule has 1 atom stereocenters. The lowest BCUT2D eigenvalue weighted by molar-refractivity contribution is -0.862. The summed E-state index contributed by atoms with van der Waals surface area (Å²) in [6.07, 6.45) is 3.90. The van der Waals surface area contributed by atoms with Crippen molar-refractivity contribution < 1.29 is 22.9 Å². The summed E-state index contributed by atoms with van der Waals surface area (Å²) in [5.41, 5.74) is 0.534. The van der Waals surface area contributed by atoms with Crippen LogP contribution in [0.1, 0.15) is 25.7 Å². The van der Waals surface area contributed by atoms with Crippen LogP contribution >= 0.6 is 0 Å². The molecule has 156 valence electrons. The predicted octanol–water partition coefficient (Wildman–Crippen LogP) is -0.207. The number of carbonyl (C=O) groups excluding carboxylic acids is 2. The summed E-state index contributed by atoms with van der Waals surface area (Å²) in [5, 5.41) is 2.75. The van der Waals surface area contributed by atoms with Crippen molar-refractivity contribution >= 4 is 27.5 Å². The van der Waals surface area contributed by atoms with Crippen molar-refractivity contribution in [2.45, 2.75) is 30.6 Å². The number of benzene rings is 1. The molecule has 2 amide bonds. The molecule has 1 heterocycles. The molecule has 1 aliphatic heterocycles. The molecule has 0 radical (unpaired) electrons. The largest absolute Gasteiger partial charge is 0.344 e. The fourth-order valence-electron chi connectivity index (χ4n) is 3.10. The van der Waals surface area contributed by atoms with Gasteiger partial charge in [-0.15, -0.1) is 0 Å². The molecule has 1 fully saturated rings. The first-order chi connectivity index (χ1) is 13.2. The molecule has 0 aromatic heterocycles. The first kappa shape index (κ1) is 22.3. The van der Waals surface area contributed by atoms with Crippen molar-refractivity contribution in [2.75, 3.05) is 52.6 Å². The molecule has 2 rings (SSSR count). The van der Waals surface area contributed by atoms with E-state index in [1.54, 1.807) is 37.6 Å². The number of nitrogens with zero attached hydrogens (tertiary/aromatic N) is 2. The van der Waals surface area contributed by atoms with E-state index in [0.29, 0.717) is 18.8 Å². The highest BCUT2D eigenvalue weighted by molar-refractivity contribution is 7.89. The fraction of sp³-hybridized carbons (Fsp3) is 0.579. The van der Waals surface area contributed by atoms with Crippen LogP contribution in [-0.4, -0.2) is 76.8 Å². The van der Waals surface area contributed by atoms with E-state index in [9.17, 15) is 18.0 Å². The third-order valence-electron chi connectivity index (χ3n) is 4.76. The number of sulfonamides is 1. The van der Waals surface area contributed by atoms with E-state index < -0.39 is 10.0 Å². The second-order valence-electron chi connectivity index (χ2n) is 7.49. The van der Waals surface area contributed by atoms with Crippen LogP contribution in [0.4, 0.5) is 5.69 Å². The summed E-state index contributed by atoms with van der Waals surface area (Å²) < 4.78 is 27.1. The molecule has 0 bridgehead atoms. The molecule has 9 heteroatoms. The maximum atomic E-state index is 12.8. The molecular formula is C19H31N4O4S+. The third kappa shape index (κ3) is 6.29. The van der Waals surface area contributed by atoms with Gasteiger partial charge in [-0.25, -0.2) is 8.42 Å². The molecule has 28 heavy (non-hydrogen) atoms. The second-order valence-corrected chi connectivity index (χ2v) is 9.43. The third-order valence-corrected chi connectivity index (χ3v) is 6.67. The molecule has 0 spiro atoms. The molecule has 1 aromatic rings. The number of hydrogen-bond donors (Lipinski definition) is 2. The summed E-state index contributed by atoms with van der Waals surface area (Å²) in [6.45, 7) is 1.49. The maximum absolute atomic E-state index is 12.8. The van der Waals surface area contributed by atoms with Gasteiger partial charge < -0.3 is 15.1 Å². The number of carbonyl (C=O) groups is 2. The zero-order valence-corrected chi connectivity index (χ0v) is 17.7. The highest BCUT2D eigenvalue weighted by Gasteiger charge is 2.25. The maximum Gasteiger partial charge on any atom is 0.279 e. The summed E-state index contributed by atoms with van der Waals surface area (Å²) in [7, 11) is 1.63. The van der Waals surface area contributed by atoms with Crippen LogP contribution in [0, 0.1) is 0 Å². The van der Waals surface area contributed by atoms with Crippen LogP contribution in [0.25, 0.3) is 0 Å². The number of rotatable bonds is 7. The number of amides is 2. The molecule has 1 aromatic carbocycles. The average molecular weight is 412 g/mol. The second kappa shape index (κ2) is 9.99. The van der Waals surface area contributed by atoms with Gasteiger partial charge in [-0.3, -0.25) is 9.59 Å². The highest BCUT2D eigenvalue weighted by Crippen LogP contribution is 2.21. The predicted molar refractivity (Wildman–Crippen MR) is 108 cm³/mol. The Morgan fingerprint density at radius 2 is 1.61 bits per heavy atom. The lowest BCUT2D eigenvalue weighted by atomic mass is 10.2. The quantitative estimate of drug-likeness (QED) is 0.650. The summed E-state index contributed by atoms with van der Waals surface area (Å²) in [4.78, 5) is 26.4. The number of quaternary nitrogens is 1. The Kier molecular flexibility index (Phi) is 7.97. The summed E-state index contributed by atoms with van der Waals surface area (Å²) in [6, 6.07) is 6.26. The monoisotopic (exact) mass is 411 g/mol. The molecule has 2 N–H and O–H groups in total.